The summed E-state index contributed by atoms with van der Waals surface area (Å²) >= 11 is 5.80. The van der Waals surface area contributed by atoms with Crippen LogP contribution in [0, 0.1) is 6.92 Å². The summed E-state index contributed by atoms with van der Waals surface area (Å²) in [6.45, 7) is 2.07. The van der Waals surface area contributed by atoms with Gasteiger partial charge in [-0.3, -0.25) is 0 Å². The van der Waals surface area contributed by atoms with Crippen molar-refractivity contribution in [2.75, 3.05) is 24.3 Å². The molecule has 2 rings (SSSR count). The fourth-order valence-electron chi connectivity index (χ4n) is 1.19. The first kappa shape index (κ1) is 12.5. The van der Waals surface area contributed by atoms with E-state index in [4.69, 9.17) is 16.1 Å². The highest BCUT2D eigenvalue weighted by molar-refractivity contribution is 6.28. The standard InChI is InChI=1S/C9H12ClN7O/c1-5-12-6(16-18-5)4-11-8-13-7(10)14-9(15-8)17(2)3/h4H2,1-3H3,(H,11,13,14,15). The predicted molar refractivity (Wildman–Crippen MR) is 65.5 cm³/mol. The molecule has 0 aliphatic rings. The summed E-state index contributed by atoms with van der Waals surface area (Å²) in [4.78, 5) is 17.9. The van der Waals surface area contributed by atoms with Gasteiger partial charge >= 0.3 is 0 Å². The molecule has 18 heavy (non-hydrogen) atoms. The molecule has 0 bridgehead atoms. The minimum atomic E-state index is 0.125. The molecule has 0 aliphatic carbocycles. The van der Waals surface area contributed by atoms with Crippen molar-refractivity contribution in [3.8, 4) is 0 Å². The number of anilines is 2. The Hall–Kier alpha value is -1.96. The second kappa shape index (κ2) is 5.13. The molecule has 1 N–H and O–H groups in total. The molecule has 2 heterocycles. The average molecular weight is 270 g/mol. The van der Waals surface area contributed by atoms with Crippen LogP contribution < -0.4 is 10.2 Å². The normalized spacial score (nSPS) is 10.4. The zero-order valence-electron chi connectivity index (χ0n) is 10.2. The van der Waals surface area contributed by atoms with Gasteiger partial charge < -0.3 is 14.7 Å². The molecule has 0 aromatic carbocycles. The topological polar surface area (TPSA) is 92.9 Å². The Kier molecular flexibility index (Phi) is 3.56. The van der Waals surface area contributed by atoms with Crippen molar-refractivity contribution >= 4 is 23.5 Å². The van der Waals surface area contributed by atoms with Crippen molar-refractivity contribution in [3.63, 3.8) is 0 Å². The number of hydrogen-bond acceptors (Lipinski definition) is 8. The van der Waals surface area contributed by atoms with E-state index in [1.807, 2.05) is 14.1 Å². The molecule has 2 aromatic heterocycles. The minimum absolute atomic E-state index is 0.125. The van der Waals surface area contributed by atoms with Crippen LogP contribution >= 0.6 is 11.6 Å². The van der Waals surface area contributed by atoms with Crippen LogP contribution in [0.15, 0.2) is 4.52 Å². The molecule has 0 spiro atoms. The van der Waals surface area contributed by atoms with Crippen molar-refractivity contribution in [1.29, 1.82) is 0 Å². The van der Waals surface area contributed by atoms with Crippen LogP contribution in [-0.2, 0) is 6.54 Å². The van der Waals surface area contributed by atoms with Gasteiger partial charge in [0.25, 0.3) is 0 Å². The molecule has 9 heteroatoms. The van der Waals surface area contributed by atoms with E-state index in [0.717, 1.165) is 0 Å². The first-order chi connectivity index (χ1) is 8.54. The van der Waals surface area contributed by atoms with E-state index in [-0.39, 0.29) is 5.28 Å². The van der Waals surface area contributed by atoms with Crippen molar-refractivity contribution in [1.82, 2.24) is 25.1 Å². The number of nitrogens with zero attached hydrogens (tertiary/aromatic N) is 6. The van der Waals surface area contributed by atoms with Crippen LogP contribution in [0.3, 0.4) is 0 Å². The zero-order chi connectivity index (χ0) is 13.1. The molecule has 0 atom stereocenters. The average Bonchev–Trinajstić information content (AvgIpc) is 2.72. The Balaban J connectivity index is 2.09. The molecule has 0 amide bonds. The van der Waals surface area contributed by atoms with E-state index >= 15 is 0 Å². The third-order valence-electron chi connectivity index (χ3n) is 1.97. The Morgan fingerprint density at radius 3 is 2.61 bits per heavy atom. The Morgan fingerprint density at radius 1 is 1.22 bits per heavy atom. The summed E-state index contributed by atoms with van der Waals surface area (Å²) in [5, 5.41) is 6.83. The maximum Gasteiger partial charge on any atom is 0.230 e. The summed E-state index contributed by atoms with van der Waals surface area (Å²) in [5.74, 6) is 1.87. The van der Waals surface area contributed by atoms with Crippen LogP contribution in [0.2, 0.25) is 5.28 Å². The van der Waals surface area contributed by atoms with E-state index in [2.05, 4.69) is 30.4 Å². The molecule has 0 radical (unpaired) electrons. The highest BCUT2D eigenvalue weighted by Gasteiger charge is 2.08. The first-order valence-corrected chi connectivity index (χ1v) is 5.54. The SMILES string of the molecule is Cc1nc(CNc2nc(Cl)nc(N(C)C)n2)no1. The van der Waals surface area contributed by atoms with Crippen LogP contribution in [0.25, 0.3) is 0 Å². The second-order valence-electron chi connectivity index (χ2n) is 3.71. The van der Waals surface area contributed by atoms with Gasteiger partial charge in [-0.25, -0.2) is 0 Å². The lowest BCUT2D eigenvalue weighted by Crippen LogP contribution is -2.15. The molecular weight excluding hydrogens is 258 g/mol. The van der Waals surface area contributed by atoms with E-state index in [1.54, 1.807) is 11.8 Å². The van der Waals surface area contributed by atoms with Crippen LogP contribution in [-0.4, -0.2) is 39.2 Å². The molecule has 2 aromatic rings. The van der Waals surface area contributed by atoms with Crippen molar-refractivity contribution in [2.45, 2.75) is 13.5 Å². The highest BCUT2D eigenvalue weighted by Crippen LogP contribution is 2.11. The Bertz CT molecular complexity index is 541. The molecule has 0 unspecified atom stereocenters. The fourth-order valence-corrected chi connectivity index (χ4v) is 1.35. The molecule has 8 nitrogen and oxygen atoms in total. The van der Waals surface area contributed by atoms with Crippen LogP contribution in [0.5, 0.6) is 0 Å². The number of aryl methyl sites for hydroxylation is 1. The first-order valence-electron chi connectivity index (χ1n) is 5.16. The molecule has 0 saturated carbocycles. The third-order valence-corrected chi connectivity index (χ3v) is 2.14. The van der Waals surface area contributed by atoms with E-state index in [9.17, 15) is 0 Å². The number of aromatic nitrogens is 5. The van der Waals surface area contributed by atoms with Gasteiger partial charge in [0.15, 0.2) is 5.82 Å². The van der Waals surface area contributed by atoms with Crippen molar-refractivity contribution < 1.29 is 4.52 Å². The van der Waals surface area contributed by atoms with Gasteiger partial charge in [0.05, 0.1) is 6.54 Å². The van der Waals surface area contributed by atoms with Gasteiger partial charge in [-0.05, 0) is 11.6 Å². The van der Waals surface area contributed by atoms with Gasteiger partial charge in [0.2, 0.25) is 23.1 Å². The molecule has 96 valence electrons. The van der Waals surface area contributed by atoms with E-state index in [1.165, 1.54) is 0 Å². The summed E-state index contributed by atoms with van der Waals surface area (Å²) in [7, 11) is 3.63. The lowest BCUT2D eigenvalue weighted by Gasteiger charge is -2.11. The largest absolute Gasteiger partial charge is 0.347 e. The molecule has 0 aliphatic heterocycles. The summed E-state index contributed by atoms with van der Waals surface area (Å²) in [5.41, 5.74) is 0. The lowest BCUT2D eigenvalue weighted by molar-refractivity contribution is 0.388. The molecule has 0 saturated heterocycles. The number of hydrogen-bond donors (Lipinski definition) is 1. The number of nitrogens with one attached hydrogen (secondary N) is 1. The smallest absolute Gasteiger partial charge is 0.230 e. The van der Waals surface area contributed by atoms with Crippen LogP contribution in [0.1, 0.15) is 11.7 Å². The van der Waals surface area contributed by atoms with E-state index < -0.39 is 0 Å². The van der Waals surface area contributed by atoms with Crippen molar-refractivity contribution in [2.24, 2.45) is 0 Å². The summed E-state index contributed by atoms with van der Waals surface area (Å²) in [6, 6.07) is 0. The van der Waals surface area contributed by atoms with Gasteiger partial charge in [-0.2, -0.15) is 19.9 Å². The molecule has 0 fully saturated rings. The van der Waals surface area contributed by atoms with Gasteiger partial charge in [-0.1, -0.05) is 5.16 Å². The summed E-state index contributed by atoms with van der Waals surface area (Å²) in [6.07, 6.45) is 0. The Morgan fingerprint density at radius 2 is 2.00 bits per heavy atom. The highest BCUT2D eigenvalue weighted by atomic mass is 35.5. The molecular formula is C9H12ClN7O. The lowest BCUT2D eigenvalue weighted by atomic mass is 10.6. The minimum Gasteiger partial charge on any atom is -0.347 e. The maximum atomic E-state index is 5.80. The van der Waals surface area contributed by atoms with Gasteiger partial charge in [0, 0.05) is 21.0 Å². The monoisotopic (exact) mass is 269 g/mol. The second-order valence-corrected chi connectivity index (χ2v) is 4.04. The quantitative estimate of drug-likeness (QED) is 0.875. The van der Waals surface area contributed by atoms with Crippen LogP contribution in [0.4, 0.5) is 11.9 Å². The third kappa shape index (κ3) is 3.04. The van der Waals surface area contributed by atoms with E-state index in [0.29, 0.717) is 30.2 Å². The van der Waals surface area contributed by atoms with Gasteiger partial charge in [-0.15, -0.1) is 0 Å². The van der Waals surface area contributed by atoms with Crippen molar-refractivity contribution in [3.05, 3.63) is 17.0 Å². The summed E-state index contributed by atoms with van der Waals surface area (Å²) < 4.78 is 4.85. The number of halogens is 1. The fraction of sp³-hybridized carbons (Fsp3) is 0.444. The Labute approximate surface area is 108 Å². The number of rotatable bonds is 4. The predicted octanol–water partition coefficient (Wildman–Crippen LogP) is 0.895. The zero-order valence-corrected chi connectivity index (χ0v) is 10.9. The van der Waals surface area contributed by atoms with Gasteiger partial charge in [0.1, 0.15) is 0 Å². The maximum absolute atomic E-state index is 5.80.